The first-order valence-corrected chi connectivity index (χ1v) is 9.54. The number of benzene rings is 1. The Labute approximate surface area is 148 Å². The van der Waals surface area contributed by atoms with Crippen molar-refractivity contribution in [3.63, 3.8) is 0 Å². The molecule has 2 heterocycles. The van der Waals surface area contributed by atoms with Crippen molar-refractivity contribution < 1.29 is 13.2 Å². The molecule has 0 aliphatic carbocycles. The van der Waals surface area contributed by atoms with E-state index in [0.717, 1.165) is 16.4 Å². The van der Waals surface area contributed by atoms with E-state index in [1.165, 1.54) is 4.31 Å². The van der Waals surface area contributed by atoms with Crippen molar-refractivity contribution in [2.75, 3.05) is 26.2 Å². The van der Waals surface area contributed by atoms with Crippen LogP contribution in [0, 0.1) is 6.92 Å². The molecule has 2 aromatic rings. The lowest BCUT2D eigenvalue weighted by Gasteiger charge is -2.33. The molecule has 1 N–H and O–H groups in total. The second-order valence-corrected chi connectivity index (χ2v) is 8.18. The van der Waals surface area contributed by atoms with Crippen molar-refractivity contribution in [1.29, 1.82) is 0 Å². The molecule has 1 aliphatic rings. The molecule has 1 fully saturated rings. The van der Waals surface area contributed by atoms with Crippen molar-refractivity contribution in [3.8, 4) is 0 Å². The Balaban J connectivity index is 1.70. The largest absolute Gasteiger partial charge is 0.336 e. The number of aromatic amines is 1. The Bertz CT molecular complexity index is 845. The molecule has 0 radical (unpaired) electrons. The second-order valence-electron chi connectivity index (χ2n) is 5.47. The van der Waals surface area contributed by atoms with E-state index >= 15 is 0 Å². The molecule has 10 heteroatoms. The average molecular weight is 414 g/mol. The summed E-state index contributed by atoms with van der Waals surface area (Å²) in [6.07, 6.45) is 1.15. The molecule has 0 spiro atoms. The third kappa shape index (κ3) is 3.21. The van der Waals surface area contributed by atoms with E-state index in [1.807, 2.05) is 19.1 Å². The summed E-state index contributed by atoms with van der Waals surface area (Å²) < 4.78 is 26.8. The van der Waals surface area contributed by atoms with E-state index in [4.69, 9.17) is 0 Å². The summed E-state index contributed by atoms with van der Waals surface area (Å²) in [5, 5.41) is 5.76. The standard InChI is InChI=1S/C14H16BrN5O3S/c1-10-2-3-11(12(15)8-10)13(21)19-4-6-20(7-5-19)24(22,23)14-16-9-17-18-14/h2-3,8-9H,4-7H2,1H3,(H,16,17,18). The first-order valence-electron chi connectivity index (χ1n) is 7.30. The maximum Gasteiger partial charge on any atom is 0.278 e. The number of carbonyl (C=O) groups is 1. The van der Waals surface area contributed by atoms with Crippen LogP contribution in [0.15, 0.2) is 34.2 Å². The number of nitrogens with zero attached hydrogens (tertiary/aromatic N) is 4. The van der Waals surface area contributed by atoms with Crippen LogP contribution < -0.4 is 0 Å². The lowest BCUT2D eigenvalue weighted by molar-refractivity contribution is 0.0696. The molecular formula is C14H16BrN5O3S. The van der Waals surface area contributed by atoms with Crippen molar-refractivity contribution >= 4 is 31.9 Å². The van der Waals surface area contributed by atoms with E-state index in [0.29, 0.717) is 18.7 Å². The molecule has 1 aromatic heterocycles. The predicted molar refractivity (Wildman–Crippen MR) is 89.9 cm³/mol. The second kappa shape index (κ2) is 6.61. The maximum absolute atomic E-state index is 12.6. The monoisotopic (exact) mass is 413 g/mol. The molecule has 1 saturated heterocycles. The lowest BCUT2D eigenvalue weighted by Crippen LogP contribution is -2.50. The minimum absolute atomic E-state index is 0.112. The zero-order valence-corrected chi connectivity index (χ0v) is 15.3. The highest BCUT2D eigenvalue weighted by Gasteiger charge is 2.32. The van der Waals surface area contributed by atoms with E-state index in [-0.39, 0.29) is 24.2 Å². The highest BCUT2D eigenvalue weighted by molar-refractivity contribution is 9.10. The first kappa shape index (κ1) is 17.1. The Morgan fingerprint density at radius 2 is 1.96 bits per heavy atom. The molecule has 24 heavy (non-hydrogen) atoms. The molecule has 0 bridgehead atoms. The van der Waals surface area contributed by atoms with E-state index in [2.05, 4.69) is 31.1 Å². The fourth-order valence-electron chi connectivity index (χ4n) is 2.54. The van der Waals surface area contributed by atoms with Gasteiger partial charge in [0.05, 0.1) is 5.56 Å². The number of nitrogens with one attached hydrogen (secondary N) is 1. The van der Waals surface area contributed by atoms with Gasteiger partial charge in [-0.15, -0.1) is 0 Å². The summed E-state index contributed by atoms with van der Waals surface area (Å²) in [5.41, 5.74) is 1.63. The fraction of sp³-hybridized carbons (Fsp3) is 0.357. The van der Waals surface area contributed by atoms with Crippen LogP contribution in [0.5, 0.6) is 0 Å². The number of aromatic nitrogens is 3. The van der Waals surface area contributed by atoms with Gasteiger partial charge < -0.3 is 4.90 Å². The van der Waals surface area contributed by atoms with Gasteiger partial charge in [0.15, 0.2) is 0 Å². The number of H-pyrrole nitrogens is 1. The summed E-state index contributed by atoms with van der Waals surface area (Å²) in [5.74, 6) is -0.112. The van der Waals surface area contributed by atoms with Crippen LogP contribution in [0.4, 0.5) is 0 Å². The third-order valence-corrected chi connectivity index (χ3v) is 6.24. The van der Waals surface area contributed by atoms with Crippen LogP contribution in [-0.4, -0.2) is 64.9 Å². The van der Waals surface area contributed by atoms with Crippen LogP contribution in [0.2, 0.25) is 0 Å². The highest BCUT2D eigenvalue weighted by Crippen LogP contribution is 2.21. The number of piperazine rings is 1. The topological polar surface area (TPSA) is 99.3 Å². The number of sulfonamides is 1. The summed E-state index contributed by atoms with van der Waals surface area (Å²) in [7, 11) is -3.69. The van der Waals surface area contributed by atoms with Crippen LogP contribution in [0.3, 0.4) is 0 Å². The van der Waals surface area contributed by atoms with E-state index in [1.54, 1.807) is 11.0 Å². The Hall–Kier alpha value is -1.78. The van der Waals surface area contributed by atoms with E-state index in [9.17, 15) is 13.2 Å². The van der Waals surface area contributed by atoms with Gasteiger partial charge in [-0.25, -0.2) is 18.5 Å². The van der Waals surface area contributed by atoms with Crippen molar-refractivity contribution in [1.82, 2.24) is 24.4 Å². The Morgan fingerprint density at radius 3 is 2.54 bits per heavy atom. The molecule has 3 rings (SSSR count). The van der Waals surface area contributed by atoms with Crippen molar-refractivity contribution in [2.24, 2.45) is 0 Å². The number of hydrogen-bond acceptors (Lipinski definition) is 5. The number of carbonyl (C=O) groups excluding carboxylic acids is 1. The number of amides is 1. The number of hydrogen-bond donors (Lipinski definition) is 1. The van der Waals surface area contributed by atoms with Crippen LogP contribution in [0.25, 0.3) is 0 Å². The highest BCUT2D eigenvalue weighted by atomic mass is 79.9. The molecule has 1 amide bonds. The van der Waals surface area contributed by atoms with Gasteiger partial charge in [0.1, 0.15) is 6.33 Å². The SMILES string of the molecule is Cc1ccc(C(=O)N2CCN(S(=O)(=O)c3ncn[nH]3)CC2)c(Br)c1. The normalized spacial score (nSPS) is 16.3. The van der Waals surface area contributed by atoms with Gasteiger partial charge in [-0.05, 0) is 40.5 Å². The quantitative estimate of drug-likeness (QED) is 0.809. The van der Waals surface area contributed by atoms with Crippen LogP contribution >= 0.6 is 15.9 Å². The molecule has 0 unspecified atom stereocenters. The summed E-state index contributed by atoms with van der Waals surface area (Å²) in [4.78, 5) is 18.0. The maximum atomic E-state index is 12.6. The van der Waals surface area contributed by atoms with Gasteiger partial charge in [0.25, 0.3) is 21.1 Å². The van der Waals surface area contributed by atoms with Gasteiger partial charge >= 0.3 is 0 Å². The van der Waals surface area contributed by atoms with Crippen LogP contribution in [0.1, 0.15) is 15.9 Å². The number of aryl methyl sites for hydroxylation is 1. The molecule has 8 nitrogen and oxygen atoms in total. The molecular weight excluding hydrogens is 398 g/mol. The smallest absolute Gasteiger partial charge is 0.278 e. The first-order chi connectivity index (χ1) is 11.4. The number of halogens is 1. The third-order valence-electron chi connectivity index (χ3n) is 3.86. The van der Waals surface area contributed by atoms with Crippen molar-refractivity contribution in [3.05, 3.63) is 40.1 Å². The zero-order valence-electron chi connectivity index (χ0n) is 12.9. The van der Waals surface area contributed by atoms with Crippen LogP contribution in [-0.2, 0) is 10.0 Å². The minimum Gasteiger partial charge on any atom is -0.336 e. The van der Waals surface area contributed by atoms with Gasteiger partial charge in [-0.1, -0.05) is 6.07 Å². The minimum atomic E-state index is -3.69. The Kier molecular flexibility index (Phi) is 4.70. The molecule has 128 valence electrons. The summed E-state index contributed by atoms with van der Waals surface area (Å²) in [6, 6.07) is 5.54. The molecule has 0 atom stereocenters. The Morgan fingerprint density at radius 1 is 1.25 bits per heavy atom. The number of rotatable bonds is 3. The summed E-state index contributed by atoms with van der Waals surface area (Å²) in [6.45, 7) is 3.04. The molecule has 0 saturated carbocycles. The van der Waals surface area contributed by atoms with Gasteiger partial charge in [-0.2, -0.15) is 9.40 Å². The predicted octanol–water partition coefficient (Wildman–Crippen LogP) is 1.02. The van der Waals surface area contributed by atoms with Gasteiger partial charge in [-0.3, -0.25) is 4.79 Å². The zero-order chi connectivity index (χ0) is 17.3. The fourth-order valence-corrected chi connectivity index (χ4v) is 4.44. The van der Waals surface area contributed by atoms with Gasteiger partial charge in [0, 0.05) is 30.7 Å². The van der Waals surface area contributed by atoms with E-state index < -0.39 is 10.0 Å². The lowest BCUT2D eigenvalue weighted by atomic mass is 10.1. The average Bonchev–Trinajstić information content (AvgIpc) is 3.10. The molecule has 1 aromatic carbocycles. The summed E-state index contributed by atoms with van der Waals surface area (Å²) >= 11 is 3.41. The van der Waals surface area contributed by atoms with Crippen molar-refractivity contribution in [2.45, 2.75) is 12.1 Å². The molecule has 1 aliphatic heterocycles. The van der Waals surface area contributed by atoms with Gasteiger partial charge in [0.2, 0.25) is 0 Å².